The van der Waals surface area contributed by atoms with Crippen LogP contribution in [0, 0.1) is 6.92 Å². The van der Waals surface area contributed by atoms with Crippen molar-refractivity contribution in [3.8, 4) is 0 Å². The molecule has 1 N–H and O–H groups in total. The first kappa shape index (κ1) is 9.71. The summed E-state index contributed by atoms with van der Waals surface area (Å²) in [4.78, 5) is 18.8. The number of hydrogen-bond acceptors (Lipinski definition) is 3. The number of fused-ring (bicyclic) bond motifs is 1. The van der Waals surface area contributed by atoms with Gasteiger partial charge in [0.25, 0.3) is 0 Å². The van der Waals surface area contributed by atoms with Crippen molar-refractivity contribution in [1.29, 1.82) is 0 Å². The third-order valence-corrected chi connectivity index (χ3v) is 2.14. The van der Waals surface area contributed by atoms with E-state index in [0.717, 1.165) is 16.6 Å². The lowest BCUT2D eigenvalue weighted by atomic mass is 10.2. The number of nitrogens with one attached hydrogen (secondary N) is 1. The van der Waals surface area contributed by atoms with Crippen LogP contribution in [-0.2, 0) is 4.74 Å². The summed E-state index contributed by atoms with van der Waals surface area (Å²) in [5.41, 5.74) is 1.90. The van der Waals surface area contributed by atoms with E-state index in [1.807, 2.05) is 19.1 Å². The summed E-state index contributed by atoms with van der Waals surface area (Å²) in [6.45, 7) is 3.99. The number of hydrogen-bond donors (Lipinski definition) is 1. The van der Waals surface area contributed by atoms with E-state index in [2.05, 4.69) is 9.97 Å². The molecule has 2 rings (SSSR count). The monoisotopic (exact) mass is 204 g/mol. The van der Waals surface area contributed by atoms with E-state index in [4.69, 9.17) is 4.74 Å². The lowest BCUT2D eigenvalue weighted by Gasteiger charge is -2.03. The number of H-pyrrole nitrogens is 1. The summed E-state index contributed by atoms with van der Waals surface area (Å²) in [7, 11) is 0. The summed E-state index contributed by atoms with van der Waals surface area (Å²) in [5, 5.41) is 0.977. The standard InChI is InChI=1S/C11H12N2O2/c1-3-15-11(14)10-9-8(4-5-12-9)6-7(2)13-10/h4-6,12H,3H2,1-2H3. The Kier molecular flexibility index (Phi) is 2.41. The van der Waals surface area contributed by atoms with E-state index in [0.29, 0.717) is 12.3 Å². The molecule has 2 heterocycles. The molecule has 78 valence electrons. The zero-order chi connectivity index (χ0) is 10.8. The minimum absolute atomic E-state index is 0.358. The molecule has 15 heavy (non-hydrogen) atoms. The van der Waals surface area contributed by atoms with Gasteiger partial charge in [-0.15, -0.1) is 0 Å². The Hall–Kier alpha value is -1.84. The molecule has 2 aromatic rings. The SMILES string of the molecule is CCOC(=O)c1nc(C)cc2cc[nH]c12. The molecule has 0 saturated carbocycles. The number of aromatic nitrogens is 2. The van der Waals surface area contributed by atoms with Gasteiger partial charge in [0, 0.05) is 17.3 Å². The third kappa shape index (κ3) is 1.70. The maximum absolute atomic E-state index is 11.6. The average Bonchev–Trinajstić information content (AvgIpc) is 2.64. The third-order valence-electron chi connectivity index (χ3n) is 2.14. The summed E-state index contributed by atoms with van der Waals surface area (Å²) in [5.74, 6) is -0.381. The first-order chi connectivity index (χ1) is 7.22. The predicted octanol–water partition coefficient (Wildman–Crippen LogP) is 2.05. The van der Waals surface area contributed by atoms with Crippen LogP contribution in [0.2, 0.25) is 0 Å². The fourth-order valence-electron chi connectivity index (χ4n) is 1.54. The summed E-state index contributed by atoms with van der Waals surface area (Å²) in [6, 6.07) is 3.83. The van der Waals surface area contributed by atoms with Crippen LogP contribution < -0.4 is 0 Å². The van der Waals surface area contributed by atoms with E-state index in [-0.39, 0.29) is 5.97 Å². The average molecular weight is 204 g/mol. The van der Waals surface area contributed by atoms with Gasteiger partial charge in [-0.2, -0.15) is 0 Å². The molecule has 0 fully saturated rings. The minimum Gasteiger partial charge on any atom is -0.461 e. The molecule has 0 bridgehead atoms. The summed E-state index contributed by atoms with van der Waals surface area (Å²) in [6.07, 6.45) is 1.79. The fraction of sp³-hybridized carbons (Fsp3) is 0.273. The van der Waals surface area contributed by atoms with Crippen LogP contribution in [0.4, 0.5) is 0 Å². The highest BCUT2D eigenvalue weighted by Gasteiger charge is 2.14. The molecular formula is C11H12N2O2. The molecule has 2 aromatic heterocycles. The van der Waals surface area contributed by atoms with Crippen LogP contribution in [0.15, 0.2) is 18.3 Å². The second kappa shape index (κ2) is 3.73. The van der Waals surface area contributed by atoms with E-state index in [1.165, 1.54) is 0 Å². The molecular weight excluding hydrogens is 192 g/mol. The Bertz CT molecular complexity index is 502. The van der Waals surface area contributed by atoms with Crippen molar-refractivity contribution < 1.29 is 9.53 Å². The number of esters is 1. The normalized spacial score (nSPS) is 10.5. The van der Waals surface area contributed by atoms with Gasteiger partial charge in [0.15, 0.2) is 5.69 Å². The fourth-order valence-corrected chi connectivity index (χ4v) is 1.54. The summed E-state index contributed by atoms with van der Waals surface area (Å²) >= 11 is 0. The van der Waals surface area contributed by atoms with E-state index < -0.39 is 0 Å². The van der Waals surface area contributed by atoms with Gasteiger partial charge in [-0.05, 0) is 26.0 Å². The van der Waals surface area contributed by atoms with Gasteiger partial charge in [0.1, 0.15) is 0 Å². The van der Waals surface area contributed by atoms with Gasteiger partial charge in [-0.1, -0.05) is 0 Å². The number of pyridine rings is 1. The highest BCUT2D eigenvalue weighted by Crippen LogP contribution is 2.17. The zero-order valence-electron chi connectivity index (χ0n) is 8.70. The van der Waals surface area contributed by atoms with Crippen LogP contribution in [0.1, 0.15) is 23.1 Å². The van der Waals surface area contributed by atoms with Crippen molar-refractivity contribution in [3.05, 3.63) is 29.7 Å². The van der Waals surface area contributed by atoms with Crippen LogP contribution >= 0.6 is 0 Å². The number of aryl methyl sites for hydroxylation is 1. The highest BCUT2D eigenvalue weighted by atomic mass is 16.5. The molecule has 0 aliphatic rings. The number of ether oxygens (including phenoxy) is 1. The van der Waals surface area contributed by atoms with E-state index in [9.17, 15) is 4.79 Å². The molecule has 4 heteroatoms. The largest absolute Gasteiger partial charge is 0.461 e. The molecule has 0 aromatic carbocycles. The topological polar surface area (TPSA) is 55.0 Å². The van der Waals surface area contributed by atoms with Gasteiger partial charge in [-0.25, -0.2) is 9.78 Å². The second-order valence-corrected chi connectivity index (χ2v) is 3.27. The van der Waals surface area contributed by atoms with Crippen LogP contribution in [0.3, 0.4) is 0 Å². The van der Waals surface area contributed by atoms with Gasteiger partial charge in [-0.3, -0.25) is 0 Å². The van der Waals surface area contributed by atoms with Crippen molar-refractivity contribution in [2.45, 2.75) is 13.8 Å². The number of carbonyl (C=O) groups excluding carboxylic acids is 1. The Morgan fingerprint density at radius 1 is 1.60 bits per heavy atom. The molecule has 0 radical (unpaired) electrons. The predicted molar refractivity (Wildman–Crippen MR) is 56.8 cm³/mol. The molecule has 0 atom stereocenters. The van der Waals surface area contributed by atoms with Gasteiger partial charge >= 0.3 is 5.97 Å². The Balaban J connectivity index is 2.57. The lowest BCUT2D eigenvalue weighted by Crippen LogP contribution is -2.08. The zero-order valence-corrected chi connectivity index (χ0v) is 8.70. The smallest absolute Gasteiger partial charge is 0.359 e. The number of nitrogens with zero attached hydrogens (tertiary/aromatic N) is 1. The molecule has 0 unspecified atom stereocenters. The van der Waals surface area contributed by atoms with E-state index in [1.54, 1.807) is 13.1 Å². The van der Waals surface area contributed by atoms with Crippen molar-refractivity contribution in [2.75, 3.05) is 6.61 Å². The maximum atomic E-state index is 11.6. The summed E-state index contributed by atoms with van der Waals surface area (Å²) < 4.78 is 4.94. The second-order valence-electron chi connectivity index (χ2n) is 3.27. The van der Waals surface area contributed by atoms with Crippen molar-refractivity contribution in [1.82, 2.24) is 9.97 Å². The minimum atomic E-state index is -0.381. The molecule has 4 nitrogen and oxygen atoms in total. The van der Waals surface area contributed by atoms with Crippen molar-refractivity contribution in [2.24, 2.45) is 0 Å². The number of aromatic amines is 1. The molecule has 0 amide bonds. The van der Waals surface area contributed by atoms with Gasteiger partial charge < -0.3 is 9.72 Å². The number of rotatable bonds is 2. The molecule has 0 aliphatic carbocycles. The van der Waals surface area contributed by atoms with Crippen molar-refractivity contribution in [3.63, 3.8) is 0 Å². The van der Waals surface area contributed by atoms with Gasteiger partial charge in [0.2, 0.25) is 0 Å². The van der Waals surface area contributed by atoms with Crippen molar-refractivity contribution >= 4 is 16.9 Å². The number of carbonyl (C=O) groups is 1. The first-order valence-corrected chi connectivity index (χ1v) is 4.84. The molecule has 0 saturated heterocycles. The molecule has 0 aliphatic heterocycles. The van der Waals surface area contributed by atoms with Crippen LogP contribution in [-0.4, -0.2) is 22.5 Å². The van der Waals surface area contributed by atoms with Gasteiger partial charge in [0.05, 0.1) is 12.1 Å². The first-order valence-electron chi connectivity index (χ1n) is 4.84. The van der Waals surface area contributed by atoms with Crippen LogP contribution in [0.5, 0.6) is 0 Å². The van der Waals surface area contributed by atoms with Crippen LogP contribution in [0.25, 0.3) is 10.9 Å². The Labute approximate surface area is 87.3 Å². The Morgan fingerprint density at radius 2 is 2.40 bits per heavy atom. The molecule has 0 spiro atoms. The van der Waals surface area contributed by atoms with E-state index >= 15 is 0 Å². The lowest BCUT2D eigenvalue weighted by molar-refractivity contribution is 0.0521. The maximum Gasteiger partial charge on any atom is 0.359 e. The Morgan fingerprint density at radius 3 is 3.13 bits per heavy atom. The highest BCUT2D eigenvalue weighted by molar-refractivity contribution is 6.01. The quantitative estimate of drug-likeness (QED) is 0.761.